The van der Waals surface area contributed by atoms with E-state index < -0.39 is 0 Å². The van der Waals surface area contributed by atoms with Crippen LogP contribution in [0.3, 0.4) is 0 Å². The van der Waals surface area contributed by atoms with Gasteiger partial charge in [-0.05, 0) is 30.5 Å². The zero-order valence-corrected chi connectivity index (χ0v) is 17.1. The van der Waals surface area contributed by atoms with Crippen LogP contribution in [0.1, 0.15) is 17.5 Å². The maximum absolute atomic E-state index is 4.88. The zero-order chi connectivity index (χ0) is 20.2. The Morgan fingerprint density at radius 3 is 2.70 bits per heavy atom. The SMILES string of the molecule is c1ccc(CCCNc2nc(-c3ccncc3)nc3c(C4=NNNC4)csc23)cc1. The number of nitrogens with one attached hydrogen (secondary N) is 3. The number of pyridine rings is 1. The van der Waals surface area contributed by atoms with Gasteiger partial charge in [-0.15, -0.1) is 11.3 Å². The molecule has 150 valence electrons. The van der Waals surface area contributed by atoms with Gasteiger partial charge < -0.3 is 5.32 Å². The number of hydrazone groups is 1. The zero-order valence-electron chi connectivity index (χ0n) is 16.3. The fourth-order valence-corrected chi connectivity index (χ4v) is 4.42. The fraction of sp³-hybridized carbons (Fsp3) is 0.182. The molecule has 1 aromatic carbocycles. The van der Waals surface area contributed by atoms with Crippen molar-refractivity contribution in [3.8, 4) is 11.4 Å². The first-order valence-electron chi connectivity index (χ1n) is 9.91. The second-order valence-electron chi connectivity index (χ2n) is 7.00. The number of anilines is 1. The van der Waals surface area contributed by atoms with Crippen molar-refractivity contribution in [2.75, 3.05) is 18.4 Å². The highest BCUT2D eigenvalue weighted by atomic mass is 32.1. The molecule has 30 heavy (non-hydrogen) atoms. The number of aromatic nitrogens is 3. The first-order valence-corrected chi connectivity index (χ1v) is 10.8. The van der Waals surface area contributed by atoms with Crippen LogP contribution in [0.5, 0.6) is 0 Å². The number of hydrogen-bond donors (Lipinski definition) is 3. The number of rotatable bonds is 7. The van der Waals surface area contributed by atoms with Gasteiger partial charge in [0.15, 0.2) is 5.82 Å². The Morgan fingerprint density at radius 1 is 1.03 bits per heavy atom. The number of fused-ring (bicyclic) bond motifs is 1. The first kappa shape index (κ1) is 18.7. The van der Waals surface area contributed by atoms with Gasteiger partial charge in [0, 0.05) is 35.4 Å². The topological polar surface area (TPSA) is 87.1 Å². The average molecular weight is 416 g/mol. The summed E-state index contributed by atoms with van der Waals surface area (Å²) in [5, 5.41) is 9.99. The molecule has 5 rings (SSSR count). The van der Waals surface area contributed by atoms with Crippen molar-refractivity contribution in [2.45, 2.75) is 12.8 Å². The second kappa shape index (κ2) is 8.56. The van der Waals surface area contributed by atoms with E-state index in [4.69, 9.17) is 9.97 Å². The van der Waals surface area contributed by atoms with E-state index in [0.717, 1.165) is 52.3 Å². The Bertz CT molecular complexity index is 1170. The van der Waals surface area contributed by atoms with Crippen LogP contribution in [-0.2, 0) is 6.42 Å². The number of hydrogen-bond acceptors (Lipinski definition) is 8. The standard InChI is InChI=1S/C22H21N7S/c1-2-5-15(6-3-1)7-4-10-24-22-20-19(17(14-30-20)18-13-25-29-28-18)26-21(27-22)16-8-11-23-12-9-16/h1-3,5-6,8-9,11-12,14,25,29H,4,7,10,13H2,(H,24,26,27). The molecular formula is C22H21N7S. The monoisotopic (exact) mass is 415 g/mol. The van der Waals surface area contributed by atoms with Gasteiger partial charge in [-0.3, -0.25) is 4.98 Å². The molecule has 0 atom stereocenters. The molecule has 0 amide bonds. The Kier molecular flexibility index (Phi) is 5.32. The van der Waals surface area contributed by atoms with E-state index in [9.17, 15) is 0 Å². The van der Waals surface area contributed by atoms with Crippen molar-refractivity contribution in [2.24, 2.45) is 5.10 Å². The third-order valence-electron chi connectivity index (χ3n) is 4.97. The van der Waals surface area contributed by atoms with Crippen molar-refractivity contribution in [1.82, 2.24) is 25.9 Å². The Morgan fingerprint density at radius 2 is 1.90 bits per heavy atom. The molecule has 1 aliphatic heterocycles. The minimum atomic E-state index is 0.667. The molecule has 0 spiro atoms. The molecule has 0 bridgehead atoms. The summed E-state index contributed by atoms with van der Waals surface area (Å²) < 4.78 is 1.05. The molecule has 0 saturated heterocycles. The van der Waals surface area contributed by atoms with Gasteiger partial charge in [-0.2, -0.15) is 5.10 Å². The lowest BCUT2D eigenvalue weighted by atomic mass is 10.1. The van der Waals surface area contributed by atoms with Gasteiger partial charge >= 0.3 is 0 Å². The van der Waals surface area contributed by atoms with Gasteiger partial charge in [0.25, 0.3) is 0 Å². The van der Waals surface area contributed by atoms with Crippen molar-refractivity contribution >= 4 is 33.1 Å². The van der Waals surface area contributed by atoms with Crippen LogP contribution in [0.25, 0.3) is 21.6 Å². The summed E-state index contributed by atoms with van der Waals surface area (Å²) in [5.41, 5.74) is 11.1. The number of thiophene rings is 1. The Labute approximate surface area is 178 Å². The van der Waals surface area contributed by atoms with Gasteiger partial charge in [0.05, 0.1) is 22.5 Å². The lowest BCUT2D eigenvalue weighted by molar-refractivity contribution is 0.653. The smallest absolute Gasteiger partial charge is 0.162 e. The van der Waals surface area contributed by atoms with Gasteiger partial charge in [-0.1, -0.05) is 30.3 Å². The van der Waals surface area contributed by atoms with Crippen LogP contribution in [-0.4, -0.2) is 33.8 Å². The molecule has 3 N–H and O–H groups in total. The second-order valence-corrected chi connectivity index (χ2v) is 7.88. The van der Waals surface area contributed by atoms with E-state index in [1.807, 2.05) is 18.2 Å². The summed E-state index contributed by atoms with van der Waals surface area (Å²) in [7, 11) is 0. The summed E-state index contributed by atoms with van der Waals surface area (Å²) in [5.74, 6) is 1.56. The molecular weight excluding hydrogens is 394 g/mol. The van der Waals surface area contributed by atoms with E-state index >= 15 is 0 Å². The summed E-state index contributed by atoms with van der Waals surface area (Å²) in [6, 6.07) is 14.4. The molecule has 0 radical (unpaired) electrons. The van der Waals surface area contributed by atoms with Gasteiger partial charge in [-0.25, -0.2) is 20.9 Å². The predicted molar refractivity (Wildman–Crippen MR) is 122 cm³/mol. The first-order chi connectivity index (χ1) is 14.9. The van der Waals surface area contributed by atoms with E-state index in [1.165, 1.54) is 5.56 Å². The summed E-state index contributed by atoms with van der Waals surface area (Å²) in [6.45, 7) is 1.51. The number of aryl methyl sites for hydroxylation is 1. The van der Waals surface area contributed by atoms with Crippen LogP contribution < -0.4 is 16.3 Å². The molecule has 0 unspecified atom stereocenters. The molecule has 0 saturated carbocycles. The summed E-state index contributed by atoms with van der Waals surface area (Å²) in [4.78, 5) is 13.8. The van der Waals surface area contributed by atoms with Crippen molar-refractivity contribution < 1.29 is 0 Å². The Balaban J connectivity index is 1.45. The quantitative estimate of drug-likeness (QED) is 0.400. The number of nitrogens with zero attached hydrogens (tertiary/aromatic N) is 4. The summed E-state index contributed by atoms with van der Waals surface area (Å²) >= 11 is 1.65. The van der Waals surface area contributed by atoms with Crippen LogP contribution in [0.15, 0.2) is 65.3 Å². The largest absolute Gasteiger partial charge is 0.369 e. The normalized spacial score (nSPS) is 13.3. The Hall–Kier alpha value is -3.36. The lowest BCUT2D eigenvalue weighted by Crippen LogP contribution is -2.22. The van der Waals surface area contributed by atoms with Crippen LogP contribution >= 0.6 is 11.3 Å². The maximum Gasteiger partial charge on any atom is 0.162 e. The molecule has 0 aliphatic carbocycles. The fourth-order valence-electron chi connectivity index (χ4n) is 3.44. The van der Waals surface area contributed by atoms with Crippen LogP contribution in [0.4, 0.5) is 5.82 Å². The highest BCUT2D eigenvalue weighted by molar-refractivity contribution is 7.18. The van der Waals surface area contributed by atoms with Crippen LogP contribution in [0.2, 0.25) is 0 Å². The highest BCUT2D eigenvalue weighted by Gasteiger charge is 2.19. The molecule has 4 heterocycles. The minimum absolute atomic E-state index is 0.667. The average Bonchev–Trinajstić information content (AvgIpc) is 3.47. The van der Waals surface area contributed by atoms with Gasteiger partial charge in [0.2, 0.25) is 0 Å². The minimum Gasteiger partial charge on any atom is -0.369 e. The third-order valence-corrected chi connectivity index (χ3v) is 5.94. The van der Waals surface area contributed by atoms with Crippen molar-refractivity contribution in [3.63, 3.8) is 0 Å². The van der Waals surface area contributed by atoms with Crippen molar-refractivity contribution in [1.29, 1.82) is 0 Å². The van der Waals surface area contributed by atoms with Crippen LogP contribution in [0, 0.1) is 0 Å². The predicted octanol–water partition coefficient (Wildman–Crippen LogP) is 3.61. The molecule has 8 heteroatoms. The number of hydrazine groups is 1. The van der Waals surface area contributed by atoms with E-state index in [1.54, 1.807) is 23.7 Å². The highest BCUT2D eigenvalue weighted by Crippen LogP contribution is 2.32. The number of benzene rings is 1. The molecule has 0 fully saturated rings. The molecule has 1 aliphatic rings. The molecule has 7 nitrogen and oxygen atoms in total. The third kappa shape index (κ3) is 3.87. The van der Waals surface area contributed by atoms with Gasteiger partial charge in [0.1, 0.15) is 5.82 Å². The lowest BCUT2D eigenvalue weighted by Gasteiger charge is -2.10. The summed E-state index contributed by atoms with van der Waals surface area (Å²) in [6.07, 6.45) is 5.58. The maximum atomic E-state index is 4.88. The van der Waals surface area contributed by atoms with E-state index in [0.29, 0.717) is 12.4 Å². The molecule has 3 aromatic heterocycles. The van der Waals surface area contributed by atoms with E-state index in [-0.39, 0.29) is 0 Å². The van der Waals surface area contributed by atoms with E-state index in [2.05, 4.69) is 56.0 Å². The molecule has 4 aromatic rings. The van der Waals surface area contributed by atoms with Crippen molar-refractivity contribution in [3.05, 3.63) is 71.4 Å².